The molecule has 1 aliphatic heterocycles. The lowest BCUT2D eigenvalue weighted by Gasteiger charge is -2.17. The molecule has 4 rings (SSSR count). The number of anilines is 1. The lowest BCUT2D eigenvalue weighted by atomic mass is 10.2. The second-order valence-corrected chi connectivity index (χ2v) is 6.65. The fourth-order valence-electron chi connectivity index (χ4n) is 2.89. The summed E-state index contributed by atoms with van der Waals surface area (Å²) in [6.45, 7) is 0.386. The Balaban J connectivity index is 1.55. The Morgan fingerprint density at radius 1 is 0.963 bits per heavy atom. The monoisotopic (exact) mass is 401 g/mol. The molecule has 0 spiro atoms. The van der Waals surface area contributed by atoms with Gasteiger partial charge in [-0.25, -0.2) is 14.7 Å². The van der Waals surface area contributed by atoms with E-state index in [0.29, 0.717) is 17.4 Å². The van der Waals surface area contributed by atoms with Gasteiger partial charge in [0, 0.05) is 24.6 Å². The fourth-order valence-corrected chi connectivity index (χ4v) is 3.22. The normalized spacial score (nSPS) is 14.3. The lowest BCUT2D eigenvalue weighted by Crippen LogP contribution is -2.32. The highest BCUT2D eigenvalue weighted by atomic mass is 35.5. The average Bonchev–Trinajstić information content (AvgIpc) is 3.15. The molecule has 0 N–H and O–H groups in total. The number of imide groups is 1. The smallest absolute Gasteiger partial charge is 0.310 e. The van der Waals surface area contributed by atoms with Crippen molar-refractivity contribution in [2.45, 2.75) is 6.54 Å². The molecule has 0 aliphatic carbocycles. The highest BCUT2D eigenvalue weighted by Gasteiger charge is 2.37. The van der Waals surface area contributed by atoms with Gasteiger partial charge in [0.05, 0.1) is 5.69 Å². The molecular weight excluding hydrogens is 389 g/mol. The van der Waals surface area contributed by atoms with Crippen LogP contribution < -0.4 is 4.90 Å². The number of benzene rings is 1. The number of amides is 3. The maximum absolute atomic E-state index is 12.7. The molecule has 0 saturated carbocycles. The summed E-state index contributed by atoms with van der Waals surface area (Å²) in [5, 5.41) is 0.499. The number of imidazole rings is 1. The highest BCUT2D eigenvalue weighted by molar-refractivity contribution is 6.40. The largest absolute Gasteiger partial charge is 0.332 e. The number of carbonyl (C=O) groups excluding carboxylic acids is 2. The zero-order valence-electron chi connectivity index (χ0n) is 13.9. The number of carbonyl (C=O) groups is 2. The van der Waals surface area contributed by atoms with Crippen molar-refractivity contribution >= 4 is 40.8 Å². The molecule has 0 unspecified atom stereocenters. The number of pyridine rings is 1. The first kappa shape index (κ1) is 17.5. The van der Waals surface area contributed by atoms with E-state index in [4.69, 9.17) is 23.2 Å². The van der Waals surface area contributed by atoms with Gasteiger partial charge in [0.25, 0.3) is 5.91 Å². The number of rotatable bonds is 4. The van der Waals surface area contributed by atoms with Crippen molar-refractivity contribution in [2.75, 3.05) is 11.4 Å². The molecule has 0 bridgehead atoms. The van der Waals surface area contributed by atoms with Crippen LogP contribution in [0.5, 0.6) is 0 Å². The molecular formula is C18H13Cl2N5O2. The second-order valence-electron chi connectivity index (χ2n) is 5.94. The quantitative estimate of drug-likeness (QED) is 0.626. The Bertz CT molecular complexity index is 1000. The van der Waals surface area contributed by atoms with Crippen molar-refractivity contribution in [1.29, 1.82) is 0 Å². The second kappa shape index (κ2) is 7.02. The molecule has 7 nitrogen and oxygen atoms in total. The molecule has 1 aromatic carbocycles. The van der Waals surface area contributed by atoms with Crippen LogP contribution in [0.3, 0.4) is 0 Å². The van der Waals surface area contributed by atoms with Gasteiger partial charge in [-0.1, -0.05) is 23.2 Å². The molecule has 0 radical (unpaired) electrons. The third kappa shape index (κ3) is 3.27. The Hall–Kier alpha value is -2.90. The van der Waals surface area contributed by atoms with E-state index in [0.717, 1.165) is 11.3 Å². The molecule has 136 valence electrons. The van der Waals surface area contributed by atoms with Crippen LogP contribution in [0.2, 0.25) is 10.3 Å². The van der Waals surface area contributed by atoms with E-state index in [9.17, 15) is 9.59 Å². The van der Waals surface area contributed by atoms with E-state index in [2.05, 4.69) is 9.97 Å². The Morgan fingerprint density at radius 2 is 1.63 bits per heavy atom. The molecule has 3 amide bonds. The number of aromatic nitrogens is 3. The molecule has 3 heterocycles. The molecule has 2 aromatic heterocycles. The highest BCUT2D eigenvalue weighted by Crippen LogP contribution is 2.27. The number of halogens is 2. The summed E-state index contributed by atoms with van der Waals surface area (Å²) in [7, 11) is 0. The van der Waals surface area contributed by atoms with Crippen LogP contribution in [-0.2, 0) is 11.3 Å². The van der Waals surface area contributed by atoms with Crippen molar-refractivity contribution in [3.63, 3.8) is 0 Å². The molecule has 27 heavy (non-hydrogen) atoms. The minimum Gasteiger partial charge on any atom is -0.310 e. The number of urea groups is 1. The molecule has 1 fully saturated rings. The van der Waals surface area contributed by atoms with Gasteiger partial charge in [-0.2, -0.15) is 0 Å². The van der Waals surface area contributed by atoms with Crippen molar-refractivity contribution in [2.24, 2.45) is 0 Å². The molecule has 0 atom stereocenters. The van der Waals surface area contributed by atoms with Gasteiger partial charge in [-0.05, 0) is 42.0 Å². The third-order valence-corrected chi connectivity index (χ3v) is 4.95. The molecule has 9 heteroatoms. The molecule has 3 aromatic rings. The Morgan fingerprint density at radius 3 is 2.26 bits per heavy atom. The summed E-state index contributed by atoms with van der Waals surface area (Å²) in [5.74, 6) is -0.273. The van der Waals surface area contributed by atoms with Gasteiger partial charge >= 0.3 is 6.03 Å². The van der Waals surface area contributed by atoms with Crippen LogP contribution in [-0.4, -0.2) is 37.9 Å². The number of hydrogen-bond donors (Lipinski definition) is 0. The predicted octanol–water partition coefficient (Wildman–Crippen LogP) is 3.54. The first-order chi connectivity index (χ1) is 13.0. The lowest BCUT2D eigenvalue weighted by molar-refractivity contribution is -0.116. The summed E-state index contributed by atoms with van der Waals surface area (Å²) < 4.78 is 1.61. The van der Waals surface area contributed by atoms with E-state index >= 15 is 0 Å². The molecule has 1 saturated heterocycles. The van der Waals surface area contributed by atoms with Gasteiger partial charge in [-0.3, -0.25) is 14.3 Å². The van der Waals surface area contributed by atoms with Crippen molar-refractivity contribution in [3.05, 3.63) is 71.0 Å². The SMILES string of the molecule is O=C1CN(Cc2ccncc2)C(=O)N1c1ccc(-n2cnc(Cl)c2Cl)cc1. The van der Waals surface area contributed by atoms with E-state index in [-0.39, 0.29) is 23.6 Å². The first-order valence-electron chi connectivity index (χ1n) is 8.04. The maximum atomic E-state index is 12.7. The summed E-state index contributed by atoms with van der Waals surface area (Å²) >= 11 is 12.0. The van der Waals surface area contributed by atoms with E-state index < -0.39 is 0 Å². The summed E-state index contributed by atoms with van der Waals surface area (Å²) in [6.07, 6.45) is 4.81. The minimum absolute atomic E-state index is 0.0336. The van der Waals surface area contributed by atoms with E-state index in [1.165, 1.54) is 16.1 Å². The first-order valence-corrected chi connectivity index (χ1v) is 8.80. The van der Waals surface area contributed by atoms with Gasteiger partial charge in [0.2, 0.25) is 0 Å². The van der Waals surface area contributed by atoms with E-state index in [1.54, 1.807) is 41.2 Å². The zero-order valence-corrected chi connectivity index (χ0v) is 15.4. The minimum atomic E-state index is -0.353. The van der Waals surface area contributed by atoms with E-state index in [1.807, 2.05) is 12.1 Å². The van der Waals surface area contributed by atoms with Gasteiger partial charge in [0.1, 0.15) is 12.9 Å². The van der Waals surface area contributed by atoms with Crippen molar-refractivity contribution in [1.82, 2.24) is 19.4 Å². The Kier molecular flexibility index (Phi) is 4.55. The van der Waals surface area contributed by atoms with Crippen LogP contribution in [0.4, 0.5) is 10.5 Å². The summed E-state index contributed by atoms with van der Waals surface area (Å²) in [5.41, 5.74) is 2.12. The average molecular weight is 402 g/mol. The van der Waals surface area contributed by atoms with Crippen LogP contribution in [0.15, 0.2) is 55.1 Å². The molecule has 1 aliphatic rings. The van der Waals surface area contributed by atoms with Crippen LogP contribution >= 0.6 is 23.2 Å². The fraction of sp³-hybridized carbons (Fsp3) is 0.111. The number of nitrogens with zero attached hydrogens (tertiary/aromatic N) is 5. The van der Waals surface area contributed by atoms with Gasteiger partial charge in [0.15, 0.2) is 10.3 Å². The van der Waals surface area contributed by atoms with Crippen LogP contribution in [0, 0.1) is 0 Å². The predicted molar refractivity (Wildman–Crippen MR) is 101 cm³/mol. The Labute approximate surface area is 164 Å². The number of hydrogen-bond acceptors (Lipinski definition) is 4. The standard InChI is InChI=1S/C18H13Cl2N5O2/c19-16-17(20)24(11-22-16)13-1-3-14(4-2-13)25-15(26)10-23(18(25)27)9-12-5-7-21-8-6-12/h1-8,11H,9-10H2. The van der Waals surface area contributed by atoms with Crippen molar-refractivity contribution < 1.29 is 9.59 Å². The zero-order chi connectivity index (χ0) is 19.0. The van der Waals surface area contributed by atoms with Crippen LogP contribution in [0.25, 0.3) is 5.69 Å². The summed E-state index contributed by atoms with van der Waals surface area (Å²) in [4.78, 5) is 35.6. The van der Waals surface area contributed by atoms with Gasteiger partial charge < -0.3 is 4.90 Å². The van der Waals surface area contributed by atoms with Gasteiger partial charge in [-0.15, -0.1) is 0 Å². The van der Waals surface area contributed by atoms with Crippen LogP contribution in [0.1, 0.15) is 5.56 Å². The summed E-state index contributed by atoms with van der Waals surface area (Å²) in [6, 6.07) is 10.1. The van der Waals surface area contributed by atoms with Crippen molar-refractivity contribution in [3.8, 4) is 5.69 Å². The topological polar surface area (TPSA) is 71.3 Å². The third-order valence-electron chi connectivity index (χ3n) is 4.21. The maximum Gasteiger partial charge on any atom is 0.332 e.